The quantitative estimate of drug-likeness (QED) is 0.901. The highest BCUT2D eigenvalue weighted by Gasteiger charge is 2.33. The molecule has 1 aromatic rings. The number of rotatable bonds is 4. The second-order valence-corrected chi connectivity index (χ2v) is 6.65. The molecule has 0 amide bonds. The van der Waals surface area contributed by atoms with Crippen LogP contribution in [0, 0.1) is 17.2 Å². The van der Waals surface area contributed by atoms with Crippen LogP contribution in [0.1, 0.15) is 30.5 Å². The maximum absolute atomic E-state index is 12.8. The van der Waals surface area contributed by atoms with Gasteiger partial charge in [0, 0.05) is 32.3 Å². The van der Waals surface area contributed by atoms with E-state index in [1.807, 2.05) is 6.07 Å². The topological polar surface area (TPSA) is 61.2 Å². The number of alkyl halides is 3. The molecule has 0 spiro atoms. The molecule has 136 valence electrons. The summed E-state index contributed by atoms with van der Waals surface area (Å²) < 4.78 is 43.9. The lowest BCUT2D eigenvalue weighted by Crippen LogP contribution is -2.41. The molecule has 2 fully saturated rings. The molecule has 0 bridgehead atoms. The van der Waals surface area contributed by atoms with E-state index in [1.165, 1.54) is 6.07 Å². The van der Waals surface area contributed by atoms with Gasteiger partial charge in [-0.25, -0.2) is 4.98 Å². The van der Waals surface area contributed by atoms with Gasteiger partial charge < -0.3 is 15.0 Å². The SMILES string of the molecule is N#Cc1ccc(C(F)(F)F)nc1NC1CCN(CC2CCOC2)CC1. The average molecular weight is 354 g/mol. The van der Waals surface area contributed by atoms with Crippen molar-refractivity contribution in [1.29, 1.82) is 5.26 Å². The number of aromatic nitrogens is 1. The lowest BCUT2D eigenvalue weighted by molar-refractivity contribution is -0.141. The number of piperidine rings is 1. The maximum Gasteiger partial charge on any atom is 0.433 e. The van der Waals surface area contributed by atoms with Crippen LogP contribution in [0.15, 0.2) is 12.1 Å². The Morgan fingerprint density at radius 3 is 2.64 bits per heavy atom. The van der Waals surface area contributed by atoms with Crippen molar-refractivity contribution in [3.05, 3.63) is 23.4 Å². The molecule has 1 atom stereocenters. The molecule has 0 aliphatic carbocycles. The van der Waals surface area contributed by atoms with Crippen LogP contribution in [0.5, 0.6) is 0 Å². The Morgan fingerprint density at radius 1 is 1.28 bits per heavy atom. The summed E-state index contributed by atoms with van der Waals surface area (Å²) in [6.07, 6.45) is -1.79. The van der Waals surface area contributed by atoms with Crippen molar-refractivity contribution in [3.8, 4) is 6.07 Å². The van der Waals surface area contributed by atoms with Crippen molar-refractivity contribution >= 4 is 5.82 Å². The van der Waals surface area contributed by atoms with Crippen LogP contribution >= 0.6 is 0 Å². The van der Waals surface area contributed by atoms with Gasteiger partial charge in [-0.1, -0.05) is 0 Å². The van der Waals surface area contributed by atoms with Gasteiger partial charge in [-0.3, -0.25) is 0 Å². The Hall–Kier alpha value is -1.85. The molecule has 3 heterocycles. The fourth-order valence-corrected chi connectivity index (χ4v) is 3.36. The number of hydrogen-bond donors (Lipinski definition) is 1. The van der Waals surface area contributed by atoms with Gasteiger partial charge in [-0.2, -0.15) is 18.4 Å². The molecule has 1 unspecified atom stereocenters. The number of hydrogen-bond acceptors (Lipinski definition) is 5. The first-order valence-electron chi connectivity index (χ1n) is 8.50. The lowest BCUT2D eigenvalue weighted by atomic mass is 10.0. The summed E-state index contributed by atoms with van der Waals surface area (Å²) in [6.45, 7) is 4.43. The zero-order chi connectivity index (χ0) is 17.9. The van der Waals surface area contributed by atoms with E-state index in [1.54, 1.807) is 0 Å². The molecule has 1 aromatic heterocycles. The average Bonchev–Trinajstić information content (AvgIpc) is 3.09. The third kappa shape index (κ3) is 4.61. The highest BCUT2D eigenvalue weighted by atomic mass is 19.4. The molecule has 2 saturated heterocycles. The minimum Gasteiger partial charge on any atom is -0.381 e. The third-order valence-corrected chi connectivity index (χ3v) is 4.77. The molecule has 25 heavy (non-hydrogen) atoms. The van der Waals surface area contributed by atoms with E-state index in [0.29, 0.717) is 5.92 Å². The second kappa shape index (κ2) is 7.58. The molecule has 5 nitrogen and oxygen atoms in total. The lowest BCUT2D eigenvalue weighted by Gasteiger charge is -2.34. The van der Waals surface area contributed by atoms with Gasteiger partial charge in [-0.05, 0) is 37.3 Å². The summed E-state index contributed by atoms with van der Waals surface area (Å²) in [4.78, 5) is 6.00. The van der Waals surface area contributed by atoms with Crippen LogP contribution in [-0.2, 0) is 10.9 Å². The number of anilines is 1. The van der Waals surface area contributed by atoms with Gasteiger partial charge in [0.05, 0.1) is 12.2 Å². The summed E-state index contributed by atoms with van der Waals surface area (Å²) in [7, 11) is 0. The van der Waals surface area contributed by atoms with Crippen LogP contribution in [-0.4, -0.2) is 48.8 Å². The van der Waals surface area contributed by atoms with E-state index in [2.05, 4.69) is 15.2 Å². The molecular weight excluding hydrogens is 333 g/mol. The predicted octanol–water partition coefficient (Wildman–Crippen LogP) is 2.88. The van der Waals surface area contributed by atoms with Crippen LogP contribution in [0.25, 0.3) is 0 Å². The van der Waals surface area contributed by atoms with Crippen molar-refractivity contribution in [3.63, 3.8) is 0 Å². The number of nitrogens with one attached hydrogen (secondary N) is 1. The molecule has 2 aliphatic heterocycles. The second-order valence-electron chi connectivity index (χ2n) is 6.65. The minimum atomic E-state index is -4.52. The van der Waals surface area contributed by atoms with E-state index >= 15 is 0 Å². The first-order valence-corrected chi connectivity index (χ1v) is 8.50. The minimum absolute atomic E-state index is 0.0270. The number of ether oxygens (including phenoxy) is 1. The van der Waals surface area contributed by atoms with Crippen molar-refractivity contribution in [1.82, 2.24) is 9.88 Å². The molecule has 1 N–H and O–H groups in total. The van der Waals surface area contributed by atoms with Gasteiger partial charge in [0.1, 0.15) is 17.6 Å². The van der Waals surface area contributed by atoms with E-state index < -0.39 is 11.9 Å². The molecule has 0 aromatic carbocycles. The predicted molar refractivity (Wildman–Crippen MR) is 86.0 cm³/mol. The Balaban J connectivity index is 1.58. The number of pyridine rings is 1. The first-order chi connectivity index (χ1) is 12.0. The van der Waals surface area contributed by atoms with Gasteiger partial charge in [0.15, 0.2) is 0 Å². The zero-order valence-corrected chi connectivity index (χ0v) is 13.9. The number of nitrogens with zero attached hydrogens (tertiary/aromatic N) is 3. The Bertz CT molecular complexity index is 630. The third-order valence-electron chi connectivity index (χ3n) is 4.77. The summed E-state index contributed by atoms with van der Waals surface area (Å²) in [6, 6.07) is 3.95. The Labute approximate surface area is 144 Å². The number of halogens is 3. The van der Waals surface area contributed by atoms with Crippen molar-refractivity contribution in [2.24, 2.45) is 5.92 Å². The normalized spacial score (nSPS) is 22.7. The monoisotopic (exact) mass is 354 g/mol. The highest BCUT2D eigenvalue weighted by Crippen LogP contribution is 2.30. The standard InChI is InChI=1S/C17H21F3N4O/c18-17(19,20)15-2-1-13(9-21)16(23-15)22-14-3-6-24(7-4-14)10-12-5-8-25-11-12/h1-2,12,14H,3-8,10-11H2,(H,22,23). The van der Waals surface area contributed by atoms with E-state index in [-0.39, 0.29) is 17.4 Å². The smallest absolute Gasteiger partial charge is 0.381 e. The van der Waals surface area contributed by atoms with E-state index in [0.717, 1.165) is 58.2 Å². The molecule has 8 heteroatoms. The molecule has 0 radical (unpaired) electrons. The summed E-state index contributed by atoms with van der Waals surface area (Å²) >= 11 is 0. The van der Waals surface area contributed by atoms with Crippen LogP contribution in [0.3, 0.4) is 0 Å². The molecule has 2 aliphatic rings. The largest absolute Gasteiger partial charge is 0.433 e. The summed E-state index contributed by atoms with van der Waals surface area (Å²) in [5.41, 5.74) is -0.841. The number of likely N-dealkylation sites (tertiary alicyclic amines) is 1. The van der Waals surface area contributed by atoms with Crippen molar-refractivity contribution < 1.29 is 17.9 Å². The van der Waals surface area contributed by atoms with E-state index in [4.69, 9.17) is 10.00 Å². The fraction of sp³-hybridized carbons (Fsp3) is 0.647. The molecular formula is C17H21F3N4O. The van der Waals surface area contributed by atoms with Gasteiger partial charge in [0.25, 0.3) is 0 Å². The van der Waals surface area contributed by atoms with Gasteiger partial charge in [0.2, 0.25) is 0 Å². The fourth-order valence-electron chi connectivity index (χ4n) is 3.36. The highest BCUT2D eigenvalue weighted by molar-refractivity contribution is 5.53. The summed E-state index contributed by atoms with van der Waals surface area (Å²) in [5, 5.41) is 12.2. The number of nitriles is 1. The van der Waals surface area contributed by atoms with Crippen LogP contribution in [0.2, 0.25) is 0 Å². The summed E-state index contributed by atoms with van der Waals surface area (Å²) in [5.74, 6) is 0.611. The Morgan fingerprint density at radius 2 is 2.04 bits per heavy atom. The molecule has 3 rings (SSSR count). The van der Waals surface area contributed by atoms with Gasteiger partial charge >= 0.3 is 6.18 Å². The van der Waals surface area contributed by atoms with E-state index in [9.17, 15) is 13.2 Å². The molecule has 0 saturated carbocycles. The first kappa shape index (κ1) is 18.0. The van der Waals surface area contributed by atoms with Gasteiger partial charge in [-0.15, -0.1) is 0 Å². The van der Waals surface area contributed by atoms with Crippen LogP contribution in [0.4, 0.5) is 19.0 Å². The zero-order valence-electron chi connectivity index (χ0n) is 13.9. The maximum atomic E-state index is 12.8. The van der Waals surface area contributed by atoms with Crippen molar-refractivity contribution in [2.75, 3.05) is 38.2 Å². The Kier molecular flexibility index (Phi) is 5.45. The van der Waals surface area contributed by atoms with Crippen LogP contribution < -0.4 is 5.32 Å². The van der Waals surface area contributed by atoms with Crippen molar-refractivity contribution in [2.45, 2.75) is 31.5 Å².